The Morgan fingerprint density at radius 2 is 2.10 bits per heavy atom. The molecule has 60 valence electrons. The van der Waals surface area contributed by atoms with Crippen LogP contribution in [-0.4, -0.2) is 24.1 Å². The van der Waals surface area contributed by atoms with Crippen molar-refractivity contribution in [3.63, 3.8) is 0 Å². The Balaban J connectivity index is 2.27. The highest BCUT2D eigenvalue weighted by Gasteiger charge is 2.34. The second-order valence-corrected chi connectivity index (χ2v) is 4.16. The smallest absolute Gasteiger partial charge is 0.00210 e. The van der Waals surface area contributed by atoms with E-state index in [0.29, 0.717) is 5.41 Å². The maximum absolute atomic E-state index is 5.52. The molecule has 2 nitrogen and oxygen atoms in total. The van der Waals surface area contributed by atoms with Gasteiger partial charge < -0.3 is 11.1 Å². The first-order valence-corrected chi connectivity index (χ1v) is 5.32. The topological polar surface area (TPSA) is 38.0 Å². The minimum atomic E-state index is 0.579. The standard InChI is InChI=1S/C7H15IN2/c8-3-1-7(2-4-9)5-10-6-7/h10H,1-6,9H2. The Morgan fingerprint density at radius 3 is 2.40 bits per heavy atom. The molecular formula is C7H15IN2. The minimum absolute atomic E-state index is 0.579. The van der Waals surface area contributed by atoms with Crippen LogP contribution in [0.4, 0.5) is 0 Å². The van der Waals surface area contributed by atoms with Crippen LogP contribution in [0.2, 0.25) is 0 Å². The van der Waals surface area contributed by atoms with E-state index < -0.39 is 0 Å². The van der Waals surface area contributed by atoms with Gasteiger partial charge in [-0.25, -0.2) is 0 Å². The van der Waals surface area contributed by atoms with Crippen molar-refractivity contribution in [1.29, 1.82) is 0 Å². The Hall–Kier alpha value is 0.650. The summed E-state index contributed by atoms with van der Waals surface area (Å²) in [6.07, 6.45) is 2.53. The summed E-state index contributed by atoms with van der Waals surface area (Å²) in [6, 6.07) is 0. The highest BCUT2D eigenvalue weighted by molar-refractivity contribution is 14.1. The van der Waals surface area contributed by atoms with Crippen LogP contribution < -0.4 is 11.1 Å². The molecule has 0 aromatic heterocycles. The zero-order chi connectivity index (χ0) is 7.45. The lowest BCUT2D eigenvalue weighted by molar-refractivity contribution is 0.152. The number of nitrogens with two attached hydrogens (primary N) is 1. The average Bonchev–Trinajstić information content (AvgIpc) is 1.84. The number of hydrogen-bond acceptors (Lipinski definition) is 2. The Kier molecular flexibility index (Phi) is 3.39. The van der Waals surface area contributed by atoms with Gasteiger partial charge in [-0.1, -0.05) is 22.6 Å². The molecule has 1 saturated heterocycles. The van der Waals surface area contributed by atoms with Crippen molar-refractivity contribution in [3.8, 4) is 0 Å². The van der Waals surface area contributed by atoms with Crippen molar-refractivity contribution in [2.45, 2.75) is 12.8 Å². The number of nitrogens with one attached hydrogen (secondary N) is 1. The largest absolute Gasteiger partial charge is 0.330 e. The molecule has 0 saturated carbocycles. The minimum Gasteiger partial charge on any atom is -0.330 e. The van der Waals surface area contributed by atoms with Crippen LogP contribution in [0.1, 0.15) is 12.8 Å². The normalized spacial score (nSPS) is 22.2. The van der Waals surface area contributed by atoms with Crippen LogP contribution in [0.3, 0.4) is 0 Å². The molecule has 3 heteroatoms. The molecular weight excluding hydrogens is 239 g/mol. The molecule has 10 heavy (non-hydrogen) atoms. The van der Waals surface area contributed by atoms with Crippen LogP contribution in [0.25, 0.3) is 0 Å². The summed E-state index contributed by atoms with van der Waals surface area (Å²) in [4.78, 5) is 0. The van der Waals surface area contributed by atoms with Gasteiger partial charge in [-0.05, 0) is 24.8 Å². The third-order valence-corrected chi connectivity index (χ3v) is 2.84. The van der Waals surface area contributed by atoms with E-state index in [1.807, 2.05) is 0 Å². The van der Waals surface area contributed by atoms with Gasteiger partial charge in [-0.15, -0.1) is 0 Å². The molecule has 1 aliphatic rings. The monoisotopic (exact) mass is 254 g/mol. The predicted octanol–water partition coefficient (Wildman–Crippen LogP) is 0.750. The summed E-state index contributed by atoms with van der Waals surface area (Å²) in [7, 11) is 0. The van der Waals surface area contributed by atoms with Crippen molar-refractivity contribution >= 4 is 22.6 Å². The Labute approximate surface area is 76.1 Å². The van der Waals surface area contributed by atoms with E-state index >= 15 is 0 Å². The molecule has 3 N–H and O–H groups in total. The lowest BCUT2D eigenvalue weighted by atomic mass is 9.76. The number of hydrogen-bond donors (Lipinski definition) is 2. The molecule has 0 aromatic carbocycles. The third kappa shape index (κ3) is 1.83. The van der Waals surface area contributed by atoms with E-state index in [1.165, 1.54) is 30.4 Å². The fourth-order valence-electron chi connectivity index (χ4n) is 1.46. The zero-order valence-electron chi connectivity index (χ0n) is 6.20. The molecule has 0 aromatic rings. The van der Waals surface area contributed by atoms with Gasteiger partial charge in [0.2, 0.25) is 0 Å². The maximum atomic E-state index is 5.52. The van der Waals surface area contributed by atoms with Gasteiger partial charge >= 0.3 is 0 Å². The Morgan fingerprint density at radius 1 is 1.40 bits per heavy atom. The van der Waals surface area contributed by atoms with Crippen LogP contribution in [0.15, 0.2) is 0 Å². The summed E-state index contributed by atoms with van der Waals surface area (Å²) in [5.74, 6) is 0. The van der Waals surface area contributed by atoms with E-state index in [2.05, 4.69) is 27.9 Å². The van der Waals surface area contributed by atoms with Gasteiger partial charge in [0.1, 0.15) is 0 Å². The predicted molar refractivity (Wildman–Crippen MR) is 52.5 cm³/mol. The summed E-state index contributed by atoms with van der Waals surface area (Å²) < 4.78 is 1.26. The molecule has 0 amide bonds. The first kappa shape index (κ1) is 8.74. The fraction of sp³-hybridized carbons (Fsp3) is 1.00. The number of rotatable bonds is 4. The number of alkyl halides is 1. The SMILES string of the molecule is NCCC1(CCI)CNC1. The maximum Gasteiger partial charge on any atom is 0.00210 e. The summed E-state index contributed by atoms with van der Waals surface area (Å²) in [5.41, 5.74) is 6.10. The van der Waals surface area contributed by atoms with Crippen molar-refractivity contribution in [2.24, 2.45) is 11.1 Å². The van der Waals surface area contributed by atoms with Gasteiger partial charge in [0.15, 0.2) is 0 Å². The first-order valence-electron chi connectivity index (χ1n) is 3.80. The molecule has 1 rings (SSSR count). The van der Waals surface area contributed by atoms with Crippen molar-refractivity contribution in [1.82, 2.24) is 5.32 Å². The highest BCUT2D eigenvalue weighted by Crippen LogP contribution is 2.30. The third-order valence-electron chi connectivity index (χ3n) is 2.30. The average molecular weight is 254 g/mol. The number of halogens is 1. The zero-order valence-corrected chi connectivity index (χ0v) is 8.36. The van der Waals surface area contributed by atoms with E-state index in [4.69, 9.17) is 5.73 Å². The van der Waals surface area contributed by atoms with Crippen LogP contribution in [-0.2, 0) is 0 Å². The lowest BCUT2D eigenvalue weighted by Crippen LogP contribution is -2.54. The quantitative estimate of drug-likeness (QED) is 0.574. The van der Waals surface area contributed by atoms with E-state index in [9.17, 15) is 0 Å². The van der Waals surface area contributed by atoms with Crippen LogP contribution >= 0.6 is 22.6 Å². The molecule has 0 aliphatic carbocycles. The molecule has 0 bridgehead atoms. The van der Waals surface area contributed by atoms with Crippen molar-refractivity contribution in [2.75, 3.05) is 24.1 Å². The second-order valence-electron chi connectivity index (χ2n) is 3.08. The highest BCUT2D eigenvalue weighted by atomic mass is 127. The van der Waals surface area contributed by atoms with Gasteiger partial charge in [0, 0.05) is 17.5 Å². The molecule has 0 unspecified atom stereocenters. The molecule has 0 spiro atoms. The summed E-state index contributed by atoms with van der Waals surface area (Å²) in [6.45, 7) is 3.22. The van der Waals surface area contributed by atoms with Gasteiger partial charge in [0.05, 0.1) is 0 Å². The van der Waals surface area contributed by atoms with Gasteiger partial charge in [-0.3, -0.25) is 0 Å². The van der Waals surface area contributed by atoms with Crippen LogP contribution in [0.5, 0.6) is 0 Å². The first-order chi connectivity index (χ1) is 4.83. The van der Waals surface area contributed by atoms with E-state index in [0.717, 1.165) is 6.54 Å². The Bertz CT molecular complexity index is 93.8. The summed E-state index contributed by atoms with van der Waals surface area (Å²) >= 11 is 2.44. The lowest BCUT2D eigenvalue weighted by Gasteiger charge is -2.42. The van der Waals surface area contributed by atoms with Gasteiger partial charge in [-0.2, -0.15) is 0 Å². The van der Waals surface area contributed by atoms with E-state index in [1.54, 1.807) is 0 Å². The molecule has 1 aliphatic heterocycles. The van der Waals surface area contributed by atoms with Crippen molar-refractivity contribution in [3.05, 3.63) is 0 Å². The molecule has 1 heterocycles. The van der Waals surface area contributed by atoms with Crippen molar-refractivity contribution < 1.29 is 0 Å². The second kappa shape index (κ2) is 3.88. The van der Waals surface area contributed by atoms with E-state index in [-0.39, 0.29) is 0 Å². The molecule has 0 atom stereocenters. The molecule has 0 radical (unpaired) electrons. The summed E-state index contributed by atoms with van der Waals surface area (Å²) in [5, 5.41) is 3.31. The van der Waals surface area contributed by atoms with Crippen LogP contribution in [0, 0.1) is 5.41 Å². The molecule has 1 fully saturated rings. The fourth-order valence-corrected chi connectivity index (χ4v) is 2.61. The van der Waals surface area contributed by atoms with Gasteiger partial charge in [0.25, 0.3) is 0 Å².